The zero-order valence-electron chi connectivity index (χ0n) is 12.3. The molecule has 0 aliphatic rings. The normalized spacial score (nSPS) is 10.4. The molecule has 110 valence electrons. The van der Waals surface area contributed by atoms with Gasteiger partial charge in [0.1, 0.15) is 10.7 Å². The molecule has 0 spiro atoms. The molecule has 5 nitrogen and oxygen atoms in total. The standard InChI is InChI=1S/C15H18N4OS/c1-4-10-8-12(19(3)18-10)15(20)17-11-7-5-6-9(2)13(11)14(16)21/h5-8H,4H2,1-3H3,(H2,16,21)(H,17,20). The Bertz CT molecular complexity index is 706. The third-order valence-corrected chi connectivity index (χ3v) is 3.50. The van der Waals surface area contributed by atoms with E-state index in [9.17, 15) is 4.79 Å². The third kappa shape index (κ3) is 3.11. The second-order valence-electron chi connectivity index (χ2n) is 4.81. The lowest BCUT2D eigenvalue weighted by Crippen LogP contribution is -2.20. The number of hydrogen-bond acceptors (Lipinski definition) is 3. The summed E-state index contributed by atoms with van der Waals surface area (Å²) in [6.45, 7) is 3.90. The molecule has 0 atom stereocenters. The maximum absolute atomic E-state index is 12.4. The van der Waals surface area contributed by atoms with Crippen LogP contribution >= 0.6 is 12.2 Å². The highest BCUT2D eigenvalue weighted by molar-refractivity contribution is 7.80. The molecule has 0 unspecified atom stereocenters. The third-order valence-electron chi connectivity index (χ3n) is 3.29. The number of amides is 1. The minimum atomic E-state index is -0.229. The Balaban J connectivity index is 2.34. The molecule has 1 aromatic carbocycles. The van der Waals surface area contributed by atoms with Crippen LogP contribution < -0.4 is 11.1 Å². The summed E-state index contributed by atoms with van der Waals surface area (Å²) < 4.78 is 1.57. The summed E-state index contributed by atoms with van der Waals surface area (Å²) in [7, 11) is 1.75. The monoisotopic (exact) mass is 302 g/mol. The second-order valence-corrected chi connectivity index (χ2v) is 5.25. The number of aromatic nitrogens is 2. The smallest absolute Gasteiger partial charge is 0.273 e. The van der Waals surface area contributed by atoms with Crippen LogP contribution in [0.25, 0.3) is 0 Å². The van der Waals surface area contributed by atoms with Crippen molar-refractivity contribution >= 4 is 28.8 Å². The van der Waals surface area contributed by atoms with E-state index in [-0.39, 0.29) is 10.9 Å². The van der Waals surface area contributed by atoms with Gasteiger partial charge in [0.25, 0.3) is 5.91 Å². The highest BCUT2D eigenvalue weighted by Gasteiger charge is 2.16. The van der Waals surface area contributed by atoms with Crippen LogP contribution in [0.15, 0.2) is 24.3 Å². The van der Waals surface area contributed by atoms with Crippen LogP contribution in [0.1, 0.15) is 34.2 Å². The summed E-state index contributed by atoms with van der Waals surface area (Å²) in [5, 5.41) is 7.13. The number of benzene rings is 1. The summed E-state index contributed by atoms with van der Waals surface area (Å²) in [6, 6.07) is 7.33. The van der Waals surface area contributed by atoms with E-state index in [4.69, 9.17) is 18.0 Å². The first-order valence-electron chi connectivity index (χ1n) is 6.67. The maximum Gasteiger partial charge on any atom is 0.273 e. The average molecular weight is 302 g/mol. The summed E-state index contributed by atoms with van der Waals surface area (Å²) in [5.74, 6) is -0.229. The van der Waals surface area contributed by atoms with Crippen LogP contribution in [0.2, 0.25) is 0 Å². The number of nitrogens with two attached hydrogens (primary N) is 1. The minimum Gasteiger partial charge on any atom is -0.389 e. The second kappa shape index (κ2) is 6.05. The minimum absolute atomic E-state index is 0.229. The van der Waals surface area contributed by atoms with Crippen LogP contribution in [0.4, 0.5) is 5.69 Å². The first kappa shape index (κ1) is 15.2. The van der Waals surface area contributed by atoms with E-state index in [1.54, 1.807) is 23.9 Å². The first-order chi connectivity index (χ1) is 9.93. The van der Waals surface area contributed by atoms with Gasteiger partial charge in [-0.2, -0.15) is 5.10 Å². The molecule has 1 amide bonds. The van der Waals surface area contributed by atoms with Crippen molar-refractivity contribution in [3.8, 4) is 0 Å². The van der Waals surface area contributed by atoms with E-state index < -0.39 is 0 Å². The largest absolute Gasteiger partial charge is 0.389 e. The summed E-state index contributed by atoms with van der Waals surface area (Å²) in [6.07, 6.45) is 0.781. The fourth-order valence-corrected chi connectivity index (χ4v) is 2.47. The zero-order valence-corrected chi connectivity index (χ0v) is 13.1. The van der Waals surface area contributed by atoms with Crippen molar-refractivity contribution in [3.05, 3.63) is 46.8 Å². The number of nitrogens with zero attached hydrogens (tertiary/aromatic N) is 2. The van der Waals surface area contributed by atoms with Crippen LogP contribution in [-0.2, 0) is 13.5 Å². The number of anilines is 1. The Hall–Kier alpha value is -2.21. The van der Waals surface area contributed by atoms with Crippen molar-refractivity contribution in [3.63, 3.8) is 0 Å². The van der Waals surface area contributed by atoms with Gasteiger partial charge in [0.15, 0.2) is 0 Å². The number of thiocarbonyl (C=S) groups is 1. The van der Waals surface area contributed by atoms with Gasteiger partial charge in [0, 0.05) is 12.6 Å². The molecule has 0 bridgehead atoms. The highest BCUT2D eigenvalue weighted by atomic mass is 32.1. The van der Waals surface area contributed by atoms with Gasteiger partial charge in [0.05, 0.1) is 11.4 Å². The van der Waals surface area contributed by atoms with Gasteiger partial charge in [-0.1, -0.05) is 31.3 Å². The van der Waals surface area contributed by atoms with Crippen molar-refractivity contribution in [1.82, 2.24) is 9.78 Å². The highest BCUT2D eigenvalue weighted by Crippen LogP contribution is 2.20. The van der Waals surface area contributed by atoms with Crippen molar-refractivity contribution in [2.24, 2.45) is 12.8 Å². The van der Waals surface area contributed by atoms with Crippen LogP contribution in [-0.4, -0.2) is 20.7 Å². The number of carbonyl (C=O) groups is 1. The molecule has 6 heteroatoms. The predicted molar refractivity (Wildman–Crippen MR) is 87.6 cm³/mol. The lowest BCUT2D eigenvalue weighted by atomic mass is 10.1. The molecule has 0 saturated carbocycles. The lowest BCUT2D eigenvalue weighted by Gasteiger charge is -2.12. The molecule has 21 heavy (non-hydrogen) atoms. The van der Waals surface area contributed by atoms with E-state index in [2.05, 4.69) is 10.4 Å². The number of rotatable bonds is 4. The van der Waals surface area contributed by atoms with Gasteiger partial charge in [0.2, 0.25) is 0 Å². The molecule has 0 aliphatic heterocycles. The Labute approximate surface area is 129 Å². The summed E-state index contributed by atoms with van der Waals surface area (Å²) in [4.78, 5) is 12.7. The Morgan fingerprint density at radius 1 is 1.48 bits per heavy atom. The van der Waals surface area contributed by atoms with E-state index in [1.165, 1.54) is 0 Å². The molecule has 1 heterocycles. The average Bonchev–Trinajstić information content (AvgIpc) is 2.79. The molecule has 1 aromatic heterocycles. The van der Waals surface area contributed by atoms with Crippen LogP contribution in [0.5, 0.6) is 0 Å². The number of carbonyl (C=O) groups excluding carboxylic acids is 1. The fraction of sp³-hybridized carbons (Fsp3) is 0.267. The predicted octanol–water partition coefficient (Wildman–Crippen LogP) is 2.18. The quantitative estimate of drug-likeness (QED) is 0.849. The van der Waals surface area contributed by atoms with Crippen molar-refractivity contribution < 1.29 is 4.79 Å². The molecule has 0 aliphatic carbocycles. The van der Waals surface area contributed by atoms with Gasteiger partial charge in [-0.25, -0.2) is 0 Å². The zero-order chi connectivity index (χ0) is 15.6. The summed E-state index contributed by atoms with van der Waals surface area (Å²) in [5.41, 5.74) is 9.37. The number of aryl methyl sites for hydroxylation is 3. The Morgan fingerprint density at radius 3 is 2.76 bits per heavy atom. The Kier molecular flexibility index (Phi) is 4.37. The molecule has 0 saturated heterocycles. The number of hydrogen-bond donors (Lipinski definition) is 2. The SMILES string of the molecule is CCc1cc(C(=O)Nc2cccc(C)c2C(N)=S)n(C)n1. The first-order valence-corrected chi connectivity index (χ1v) is 7.08. The lowest BCUT2D eigenvalue weighted by molar-refractivity contribution is 0.101. The van der Waals surface area contributed by atoms with Crippen molar-refractivity contribution in [2.45, 2.75) is 20.3 Å². The van der Waals surface area contributed by atoms with Gasteiger partial charge < -0.3 is 11.1 Å². The van der Waals surface area contributed by atoms with Crippen LogP contribution in [0, 0.1) is 6.92 Å². The Morgan fingerprint density at radius 2 is 2.19 bits per heavy atom. The molecule has 0 radical (unpaired) electrons. The van der Waals surface area contributed by atoms with E-state index in [0.29, 0.717) is 16.9 Å². The maximum atomic E-state index is 12.4. The summed E-state index contributed by atoms with van der Waals surface area (Å²) >= 11 is 5.06. The van der Waals surface area contributed by atoms with Gasteiger partial charge >= 0.3 is 0 Å². The molecule has 0 fully saturated rings. The van der Waals surface area contributed by atoms with E-state index in [1.807, 2.05) is 26.0 Å². The van der Waals surface area contributed by atoms with Gasteiger partial charge in [-0.05, 0) is 31.0 Å². The van der Waals surface area contributed by atoms with Crippen molar-refractivity contribution in [2.75, 3.05) is 5.32 Å². The molecular weight excluding hydrogens is 284 g/mol. The van der Waals surface area contributed by atoms with Crippen molar-refractivity contribution in [1.29, 1.82) is 0 Å². The van der Waals surface area contributed by atoms with Crippen LogP contribution in [0.3, 0.4) is 0 Å². The molecular formula is C15H18N4OS. The van der Waals surface area contributed by atoms with E-state index in [0.717, 1.165) is 17.7 Å². The van der Waals surface area contributed by atoms with Gasteiger partial charge in [-0.15, -0.1) is 0 Å². The van der Waals surface area contributed by atoms with E-state index >= 15 is 0 Å². The molecule has 2 rings (SSSR count). The molecule has 2 aromatic rings. The fourth-order valence-electron chi connectivity index (χ4n) is 2.20. The topological polar surface area (TPSA) is 72.9 Å². The molecule has 3 N–H and O–H groups in total. The number of nitrogens with one attached hydrogen (secondary N) is 1. The van der Waals surface area contributed by atoms with Gasteiger partial charge in [-0.3, -0.25) is 9.48 Å².